The Morgan fingerprint density at radius 1 is 1.44 bits per heavy atom. The maximum absolute atomic E-state index is 9.11. The molecule has 0 saturated heterocycles. The normalized spacial score (nSPS) is 12.0. The van der Waals surface area contributed by atoms with E-state index in [1.54, 1.807) is 6.07 Å². The Bertz CT molecular complexity index is 558. The molecule has 16 heavy (non-hydrogen) atoms. The molecule has 0 aromatic carbocycles. The van der Waals surface area contributed by atoms with Gasteiger partial charge in [0.15, 0.2) is 5.76 Å². The highest BCUT2D eigenvalue weighted by molar-refractivity contribution is 7.11. The van der Waals surface area contributed by atoms with Crippen molar-refractivity contribution in [2.75, 3.05) is 0 Å². The smallest absolute Gasteiger partial charge is 0.151 e. The summed E-state index contributed by atoms with van der Waals surface area (Å²) in [6.07, 6.45) is 0. The largest absolute Gasteiger partial charge is 0.460 e. The number of thiophene rings is 1. The molecule has 0 aliphatic carbocycles. The van der Waals surface area contributed by atoms with Gasteiger partial charge in [-0.1, -0.05) is 6.07 Å². The first-order valence-electron chi connectivity index (χ1n) is 4.73. The molecule has 2 rings (SSSR count). The maximum Gasteiger partial charge on any atom is 0.151 e. The second kappa shape index (κ2) is 4.25. The predicted octanol–water partition coefficient (Wildman–Crippen LogP) is 3.00. The summed E-state index contributed by atoms with van der Waals surface area (Å²) >= 11 is 1.48. The number of allylic oxidation sites excluding steroid dienone is 1. The molecule has 2 heterocycles. The van der Waals surface area contributed by atoms with Gasteiger partial charge in [0.05, 0.1) is 11.3 Å². The molecular formula is C12H10N2OS. The van der Waals surface area contributed by atoms with Crippen LogP contribution in [0, 0.1) is 18.3 Å². The van der Waals surface area contributed by atoms with Crippen LogP contribution in [0.2, 0.25) is 0 Å². The predicted molar refractivity (Wildman–Crippen MR) is 64.4 cm³/mol. The molecule has 0 unspecified atom stereocenters. The highest BCUT2D eigenvalue weighted by Gasteiger charge is 2.11. The molecule has 2 aromatic heterocycles. The summed E-state index contributed by atoms with van der Waals surface area (Å²) < 4.78 is 5.40. The molecule has 0 saturated carbocycles. The lowest BCUT2D eigenvalue weighted by atomic mass is 10.1. The van der Waals surface area contributed by atoms with Gasteiger partial charge < -0.3 is 10.2 Å². The van der Waals surface area contributed by atoms with E-state index in [4.69, 9.17) is 15.4 Å². The Labute approximate surface area is 97.4 Å². The number of furan rings is 1. The summed E-state index contributed by atoms with van der Waals surface area (Å²) in [7, 11) is 0. The van der Waals surface area contributed by atoms with Crippen molar-refractivity contribution < 1.29 is 4.42 Å². The first-order chi connectivity index (χ1) is 7.72. The lowest BCUT2D eigenvalue weighted by Crippen LogP contribution is -1.98. The minimum absolute atomic E-state index is 0.387. The van der Waals surface area contributed by atoms with Crippen molar-refractivity contribution in [1.29, 1.82) is 5.26 Å². The highest BCUT2D eigenvalue weighted by Crippen LogP contribution is 2.26. The highest BCUT2D eigenvalue weighted by atomic mass is 32.1. The van der Waals surface area contributed by atoms with Crippen molar-refractivity contribution in [3.05, 3.63) is 46.0 Å². The molecule has 0 amide bonds. The molecule has 2 aromatic rings. The lowest BCUT2D eigenvalue weighted by molar-refractivity contribution is 0.521. The van der Waals surface area contributed by atoms with E-state index < -0.39 is 0 Å². The fourth-order valence-electron chi connectivity index (χ4n) is 1.37. The van der Waals surface area contributed by atoms with Gasteiger partial charge in [-0.15, -0.1) is 11.3 Å². The van der Waals surface area contributed by atoms with Gasteiger partial charge in [0.2, 0.25) is 0 Å². The zero-order valence-corrected chi connectivity index (χ0v) is 9.54. The van der Waals surface area contributed by atoms with E-state index in [1.807, 2.05) is 30.5 Å². The third-order valence-electron chi connectivity index (χ3n) is 2.15. The number of hydrogen-bond acceptors (Lipinski definition) is 4. The molecular weight excluding hydrogens is 220 g/mol. The molecule has 0 spiro atoms. The third kappa shape index (κ3) is 1.86. The maximum atomic E-state index is 9.11. The molecule has 80 valence electrons. The minimum Gasteiger partial charge on any atom is -0.460 e. The van der Waals surface area contributed by atoms with Crippen LogP contribution in [-0.2, 0) is 0 Å². The van der Waals surface area contributed by atoms with Crippen LogP contribution in [0.5, 0.6) is 0 Å². The van der Waals surface area contributed by atoms with Gasteiger partial charge in [-0.3, -0.25) is 0 Å². The third-order valence-corrected chi connectivity index (χ3v) is 3.04. The lowest BCUT2D eigenvalue weighted by Gasteiger charge is -2.00. The van der Waals surface area contributed by atoms with Gasteiger partial charge in [0.25, 0.3) is 0 Å². The van der Waals surface area contributed by atoms with Gasteiger partial charge in [0, 0.05) is 4.88 Å². The second-order valence-electron chi connectivity index (χ2n) is 3.29. The van der Waals surface area contributed by atoms with Gasteiger partial charge in [-0.05, 0) is 30.5 Å². The van der Waals surface area contributed by atoms with E-state index >= 15 is 0 Å². The quantitative estimate of drug-likeness (QED) is 0.806. The van der Waals surface area contributed by atoms with Crippen LogP contribution in [0.3, 0.4) is 0 Å². The van der Waals surface area contributed by atoms with Crippen molar-refractivity contribution in [3.8, 4) is 6.07 Å². The Morgan fingerprint density at radius 3 is 2.75 bits per heavy atom. The van der Waals surface area contributed by atoms with Crippen molar-refractivity contribution in [1.82, 2.24) is 0 Å². The zero-order chi connectivity index (χ0) is 11.5. The number of nitrogens with zero attached hydrogens (tertiary/aromatic N) is 1. The van der Waals surface area contributed by atoms with Crippen LogP contribution >= 0.6 is 11.3 Å². The van der Waals surface area contributed by atoms with Crippen molar-refractivity contribution in [3.63, 3.8) is 0 Å². The van der Waals surface area contributed by atoms with Gasteiger partial charge in [-0.2, -0.15) is 5.26 Å². The minimum atomic E-state index is 0.387. The topological polar surface area (TPSA) is 63.0 Å². The van der Waals surface area contributed by atoms with Gasteiger partial charge in [-0.25, -0.2) is 0 Å². The molecule has 4 heteroatoms. The Morgan fingerprint density at radius 2 is 2.25 bits per heavy atom. The van der Waals surface area contributed by atoms with Crippen LogP contribution in [0.4, 0.5) is 0 Å². The Kier molecular flexibility index (Phi) is 2.80. The summed E-state index contributed by atoms with van der Waals surface area (Å²) in [5, 5.41) is 11.0. The molecule has 0 bridgehead atoms. The molecule has 0 radical (unpaired) electrons. The number of hydrogen-bond donors (Lipinski definition) is 1. The van der Waals surface area contributed by atoms with Crippen LogP contribution in [-0.4, -0.2) is 0 Å². The molecule has 0 fully saturated rings. The average Bonchev–Trinajstić information content (AvgIpc) is 2.90. The van der Waals surface area contributed by atoms with E-state index in [0.717, 1.165) is 10.6 Å². The second-order valence-corrected chi connectivity index (χ2v) is 4.24. The fraction of sp³-hybridized carbons (Fsp3) is 0.0833. The average molecular weight is 230 g/mol. The van der Waals surface area contributed by atoms with E-state index in [9.17, 15) is 0 Å². The van der Waals surface area contributed by atoms with Crippen LogP contribution in [0.15, 0.2) is 34.1 Å². The number of aryl methyl sites for hydroxylation is 1. The Hall–Kier alpha value is -1.99. The first-order valence-corrected chi connectivity index (χ1v) is 5.61. The van der Waals surface area contributed by atoms with Crippen LogP contribution in [0.25, 0.3) is 11.3 Å². The summed E-state index contributed by atoms with van der Waals surface area (Å²) in [5.74, 6) is 1.32. The van der Waals surface area contributed by atoms with E-state index in [0.29, 0.717) is 17.0 Å². The fourth-order valence-corrected chi connectivity index (χ4v) is 2.11. The van der Waals surface area contributed by atoms with Crippen molar-refractivity contribution in [2.45, 2.75) is 6.92 Å². The van der Waals surface area contributed by atoms with Crippen LogP contribution < -0.4 is 5.73 Å². The molecule has 0 aliphatic rings. The zero-order valence-electron chi connectivity index (χ0n) is 8.73. The number of rotatable bonds is 2. The van der Waals surface area contributed by atoms with E-state index in [2.05, 4.69) is 6.07 Å². The summed E-state index contributed by atoms with van der Waals surface area (Å²) in [6, 6.07) is 9.47. The first kappa shape index (κ1) is 10.5. The summed E-state index contributed by atoms with van der Waals surface area (Å²) in [5.41, 5.74) is 6.77. The SMILES string of the molecule is Cc1ccc(/C(N)=C(/C#N)c2cccs2)o1. The van der Waals surface area contributed by atoms with Crippen LogP contribution in [0.1, 0.15) is 16.4 Å². The standard InChI is InChI=1S/C12H10N2OS/c1-8-4-5-10(15-8)12(14)9(7-13)11-3-2-6-16-11/h2-6H,14H2,1H3/b12-9+. The number of nitriles is 1. The van der Waals surface area contributed by atoms with Crippen molar-refractivity contribution in [2.24, 2.45) is 5.73 Å². The molecule has 0 atom stereocenters. The number of nitrogens with two attached hydrogens (primary N) is 1. The van der Waals surface area contributed by atoms with E-state index in [1.165, 1.54) is 11.3 Å². The summed E-state index contributed by atoms with van der Waals surface area (Å²) in [6.45, 7) is 1.84. The van der Waals surface area contributed by atoms with Gasteiger partial charge in [0.1, 0.15) is 11.8 Å². The monoisotopic (exact) mass is 230 g/mol. The molecule has 2 N–H and O–H groups in total. The molecule has 3 nitrogen and oxygen atoms in total. The Balaban J connectivity index is 2.51. The summed E-state index contributed by atoms with van der Waals surface area (Å²) in [4.78, 5) is 0.856. The molecule has 0 aliphatic heterocycles. The van der Waals surface area contributed by atoms with Crippen molar-refractivity contribution >= 4 is 22.6 Å². The van der Waals surface area contributed by atoms with E-state index in [-0.39, 0.29) is 0 Å². The van der Waals surface area contributed by atoms with Gasteiger partial charge >= 0.3 is 0 Å².